The zero-order chi connectivity index (χ0) is 16.9. The Balaban J connectivity index is 1.62. The van der Waals surface area contributed by atoms with Crippen molar-refractivity contribution in [3.05, 3.63) is 65.0 Å². The second kappa shape index (κ2) is 7.14. The van der Waals surface area contributed by atoms with Crippen LogP contribution in [0.5, 0.6) is 5.75 Å². The molecule has 0 aliphatic heterocycles. The number of nitrogens with zero attached hydrogens (tertiary/aromatic N) is 2. The maximum atomic E-state index is 12.1. The molecule has 0 spiro atoms. The van der Waals surface area contributed by atoms with Crippen molar-refractivity contribution in [3.8, 4) is 17.2 Å². The van der Waals surface area contributed by atoms with E-state index >= 15 is 0 Å². The quantitative estimate of drug-likeness (QED) is 0.768. The largest absolute Gasteiger partial charge is 0.497 e. The van der Waals surface area contributed by atoms with Crippen LogP contribution in [0, 0.1) is 0 Å². The monoisotopic (exact) mass is 343 g/mol. The van der Waals surface area contributed by atoms with Crippen molar-refractivity contribution in [2.75, 3.05) is 7.11 Å². The van der Waals surface area contributed by atoms with Crippen LogP contribution in [0.2, 0.25) is 5.02 Å². The topological polar surface area (TPSA) is 77.2 Å². The third-order valence-electron chi connectivity index (χ3n) is 3.31. The van der Waals surface area contributed by atoms with Crippen LogP contribution >= 0.6 is 11.6 Å². The third kappa shape index (κ3) is 3.72. The first-order valence-electron chi connectivity index (χ1n) is 7.16. The zero-order valence-corrected chi connectivity index (χ0v) is 13.6. The predicted molar refractivity (Wildman–Crippen MR) is 88.9 cm³/mol. The van der Waals surface area contributed by atoms with Crippen LogP contribution in [0.3, 0.4) is 0 Å². The molecule has 0 aliphatic rings. The standard InChI is InChI=1S/C17H14ClN3O3/c1-23-14-8-4-11(5-9-14)16(22)19-10-15-20-21-17(24-15)12-2-6-13(18)7-3-12/h2-9H,10H2,1H3,(H,19,22). The highest BCUT2D eigenvalue weighted by Crippen LogP contribution is 2.20. The minimum Gasteiger partial charge on any atom is -0.497 e. The summed E-state index contributed by atoms with van der Waals surface area (Å²) in [6.45, 7) is 0.144. The van der Waals surface area contributed by atoms with Crippen LogP contribution in [-0.4, -0.2) is 23.2 Å². The van der Waals surface area contributed by atoms with E-state index < -0.39 is 0 Å². The van der Waals surface area contributed by atoms with E-state index in [1.165, 1.54) is 0 Å². The van der Waals surface area contributed by atoms with Crippen LogP contribution in [0.4, 0.5) is 0 Å². The van der Waals surface area contributed by atoms with Crippen molar-refractivity contribution >= 4 is 17.5 Å². The zero-order valence-electron chi connectivity index (χ0n) is 12.8. The molecule has 0 atom stereocenters. The minimum absolute atomic E-state index is 0.144. The Kier molecular flexibility index (Phi) is 4.77. The van der Waals surface area contributed by atoms with E-state index in [0.717, 1.165) is 5.56 Å². The summed E-state index contributed by atoms with van der Waals surface area (Å²) in [5, 5.41) is 11.2. The van der Waals surface area contributed by atoms with Gasteiger partial charge in [0.15, 0.2) is 0 Å². The van der Waals surface area contributed by atoms with E-state index in [4.69, 9.17) is 20.8 Å². The van der Waals surface area contributed by atoms with Gasteiger partial charge in [-0.1, -0.05) is 11.6 Å². The third-order valence-corrected chi connectivity index (χ3v) is 3.56. The molecule has 0 aliphatic carbocycles. The second-order valence-corrected chi connectivity index (χ2v) is 5.36. The Morgan fingerprint density at radius 2 is 1.83 bits per heavy atom. The van der Waals surface area contributed by atoms with Crippen molar-refractivity contribution in [3.63, 3.8) is 0 Å². The fourth-order valence-corrected chi connectivity index (χ4v) is 2.16. The Morgan fingerprint density at radius 3 is 2.50 bits per heavy atom. The van der Waals surface area contributed by atoms with Gasteiger partial charge in [-0.15, -0.1) is 10.2 Å². The average molecular weight is 344 g/mol. The molecule has 1 amide bonds. The number of amides is 1. The van der Waals surface area contributed by atoms with Gasteiger partial charge in [-0.3, -0.25) is 4.79 Å². The molecule has 2 aromatic carbocycles. The lowest BCUT2D eigenvalue weighted by Gasteiger charge is -2.04. The summed E-state index contributed by atoms with van der Waals surface area (Å²) in [5.74, 6) is 1.15. The molecule has 0 radical (unpaired) electrons. The molecule has 6 nitrogen and oxygen atoms in total. The Labute approximate surface area is 143 Å². The van der Waals surface area contributed by atoms with Gasteiger partial charge in [-0.2, -0.15) is 0 Å². The fourth-order valence-electron chi connectivity index (χ4n) is 2.03. The maximum Gasteiger partial charge on any atom is 0.251 e. The SMILES string of the molecule is COc1ccc(C(=O)NCc2nnc(-c3ccc(Cl)cc3)o2)cc1. The molecule has 1 N–H and O–H groups in total. The summed E-state index contributed by atoms with van der Waals surface area (Å²) >= 11 is 5.84. The smallest absolute Gasteiger partial charge is 0.251 e. The Bertz CT molecular complexity index is 829. The normalized spacial score (nSPS) is 10.4. The van der Waals surface area contributed by atoms with Crippen molar-refractivity contribution in [2.24, 2.45) is 0 Å². The second-order valence-electron chi connectivity index (χ2n) is 4.92. The highest BCUT2D eigenvalue weighted by atomic mass is 35.5. The van der Waals surface area contributed by atoms with E-state index in [9.17, 15) is 4.79 Å². The number of aromatic nitrogens is 2. The highest BCUT2D eigenvalue weighted by molar-refractivity contribution is 6.30. The van der Waals surface area contributed by atoms with Crippen LogP contribution in [0.15, 0.2) is 52.9 Å². The summed E-state index contributed by atoms with van der Waals surface area (Å²) in [6, 6.07) is 13.9. The van der Waals surface area contributed by atoms with Gasteiger partial charge in [0, 0.05) is 16.1 Å². The molecule has 3 rings (SSSR count). The van der Waals surface area contributed by atoms with E-state index in [-0.39, 0.29) is 12.5 Å². The molecule has 0 unspecified atom stereocenters. The molecule has 24 heavy (non-hydrogen) atoms. The summed E-state index contributed by atoms with van der Waals surface area (Å²) in [5.41, 5.74) is 1.29. The molecule has 0 fully saturated rings. The van der Waals surface area contributed by atoms with E-state index in [1.807, 2.05) is 0 Å². The molecular weight excluding hydrogens is 330 g/mol. The van der Waals surface area contributed by atoms with E-state index in [1.54, 1.807) is 55.6 Å². The first kappa shape index (κ1) is 16.0. The first-order valence-corrected chi connectivity index (χ1v) is 7.54. The summed E-state index contributed by atoms with van der Waals surface area (Å²) in [6.07, 6.45) is 0. The lowest BCUT2D eigenvalue weighted by molar-refractivity contribution is 0.0947. The lowest BCUT2D eigenvalue weighted by atomic mass is 10.2. The van der Waals surface area contributed by atoms with Crippen molar-refractivity contribution in [1.82, 2.24) is 15.5 Å². The van der Waals surface area contributed by atoms with Gasteiger partial charge in [0.2, 0.25) is 11.8 Å². The van der Waals surface area contributed by atoms with Crippen LogP contribution in [0.1, 0.15) is 16.2 Å². The van der Waals surface area contributed by atoms with E-state index in [0.29, 0.717) is 28.1 Å². The molecule has 0 saturated heterocycles. The number of benzene rings is 2. The van der Waals surface area contributed by atoms with Gasteiger partial charge in [0.1, 0.15) is 5.75 Å². The van der Waals surface area contributed by atoms with Crippen LogP contribution < -0.4 is 10.1 Å². The molecule has 122 valence electrons. The number of methoxy groups -OCH3 is 1. The lowest BCUT2D eigenvalue weighted by Crippen LogP contribution is -2.22. The van der Waals surface area contributed by atoms with Crippen molar-refractivity contribution in [1.29, 1.82) is 0 Å². The number of ether oxygens (including phenoxy) is 1. The summed E-state index contributed by atoms with van der Waals surface area (Å²) < 4.78 is 10.6. The minimum atomic E-state index is -0.233. The van der Waals surface area contributed by atoms with E-state index in [2.05, 4.69) is 15.5 Å². The molecule has 3 aromatic rings. The van der Waals surface area contributed by atoms with Crippen molar-refractivity contribution < 1.29 is 13.9 Å². The number of halogens is 1. The number of hydrogen-bond acceptors (Lipinski definition) is 5. The average Bonchev–Trinajstić information content (AvgIpc) is 3.09. The summed E-state index contributed by atoms with van der Waals surface area (Å²) in [7, 11) is 1.57. The Hall–Kier alpha value is -2.86. The van der Waals surface area contributed by atoms with Gasteiger partial charge in [-0.05, 0) is 48.5 Å². The molecule has 7 heteroatoms. The molecule has 1 heterocycles. The van der Waals surface area contributed by atoms with Gasteiger partial charge in [-0.25, -0.2) is 0 Å². The molecule has 0 saturated carbocycles. The van der Waals surface area contributed by atoms with Gasteiger partial charge >= 0.3 is 0 Å². The van der Waals surface area contributed by atoms with Crippen LogP contribution in [-0.2, 0) is 6.54 Å². The van der Waals surface area contributed by atoms with Crippen LogP contribution in [0.25, 0.3) is 11.5 Å². The number of carbonyl (C=O) groups excluding carboxylic acids is 1. The molecular formula is C17H14ClN3O3. The van der Waals surface area contributed by atoms with Gasteiger partial charge in [0.25, 0.3) is 5.91 Å². The molecule has 0 bridgehead atoms. The highest BCUT2D eigenvalue weighted by Gasteiger charge is 2.11. The molecule has 1 aromatic heterocycles. The Morgan fingerprint density at radius 1 is 1.12 bits per heavy atom. The number of rotatable bonds is 5. The number of carbonyl (C=O) groups is 1. The van der Waals surface area contributed by atoms with Gasteiger partial charge < -0.3 is 14.5 Å². The number of hydrogen-bond donors (Lipinski definition) is 1. The maximum absolute atomic E-state index is 12.1. The summed E-state index contributed by atoms with van der Waals surface area (Å²) in [4.78, 5) is 12.1. The predicted octanol–water partition coefficient (Wildman–Crippen LogP) is 3.33. The van der Waals surface area contributed by atoms with Crippen molar-refractivity contribution in [2.45, 2.75) is 6.54 Å². The number of nitrogens with one attached hydrogen (secondary N) is 1. The van der Waals surface area contributed by atoms with Gasteiger partial charge in [0.05, 0.1) is 13.7 Å². The first-order chi connectivity index (χ1) is 11.7. The fraction of sp³-hybridized carbons (Fsp3) is 0.118.